The minimum atomic E-state index is -0.749. The van der Waals surface area contributed by atoms with Crippen molar-refractivity contribution in [3.05, 3.63) is 47.5 Å². The number of hydrogen-bond acceptors (Lipinski definition) is 5. The van der Waals surface area contributed by atoms with E-state index in [-0.39, 0.29) is 12.5 Å². The highest BCUT2D eigenvalue weighted by Gasteiger charge is 2.29. The summed E-state index contributed by atoms with van der Waals surface area (Å²) in [6.45, 7) is 2.93. The molecule has 0 radical (unpaired) electrons. The summed E-state index contributed by atoms with van der Waals surface area (Å²) in [6, 6.07) is 8.56. The second kappa shape index (κ2) is 13.1. The maximum atomic E-state index is 10.5. The van der Waals surface area contributed by atoms with Crippen molar-refractivity contribution >= 4 is 17.7 Å². The average molecular weight is 422 g/mol. The number of carboxylic acids is 1. The van der Waals surface area contributed by atoms with Gasteiger partial charge in [0.25, 0.3) is 0 Å². The number of rotatable bonds is 13. The lowest BCUT2D eigenvalue weighted by atomic mass is 10.0. The Morgan fingerprint density at radius 3 is 2.86 bits per heavy atom. The zero-order chi connectivity index (χ0) is 21.1. The van der Waals surface area contributed by atoms with Gasteiger partial charge in [0, 0.05) is 31.2 Å². The fourth-order valence-corrected chi connectivity index (χ4v) is 4.65. The van der Waals surface area contributed by atoms with Crippen LogP contribution < -0.4 is 0 Å². The minimum Gasteiger partial charge on any atom is -0.481 e. The van der Waals surface area contributed by atoms with Gasteiger partial charge < -0.3 is 15.3 Å². The molecule has 29 heavy (non-hydrogen) atoms. The summed E-state index contributed by atoms with van der Waals surface area (Å²) < 4.78 is 0. The van der Waals surface area contributed by atoms with Crippen LogP contribution in [0, 0.1) is 0 Å². The third-order valence-corrected chi connectivity index (χ3v) is 6.28. The highest BCUT2D eigenvalue weighted by atomic mass is 32.2. The molecule has 0 aliphatic carbocycles. The number of aliphatic hydroxyl groups is 2. The summed E-state index contributed by atoms with van der Waals surface area (Å²) in [5.74, 6) is 0.946. The van der Waals surface area contributed by atoms with Crippen LogP contribution in [0.25, 0.3) is 0 Å². The molecule has 5 nitrogen and oxygen atoms in total. The Bertz CT molecular complexity index is 652. The van der Waals surface area contributed by atoms with E-state index in [1.807, 2.05) is 12.2 Å². The number of aliphatic carboxylic acids is 1. The van der Waals surface area contributed by atoms with Gasteiger partial charge in [-0.15, -0.1) is 0 Å². The number of likely N-dealkylation sites (tertiary alicyclic amines) is 1. The molecule has 1 fully saturated rings. The Balaban J connectivity index is 1.78. The molecule has 3 N–H and O–H groups in total. The highest BCUT2D eigenvalue weighted by molar-refractivity contribution is 7.99. The van der Waals surface area contributed by atoms with Gasteiger partial charge in [0.1, 0.15) is 6.23 Å². The molecule has 1 unspecified atom stereocenters. The van der Waals surface area contributed by atoms with Crippen molar-refractivity contribution in [1.29, 1.82) is 0 Å². The summed E-state index contributed by atoms with van der Waals surface area (Å²) >= 11 is 1.73. The van der Waals surface area contributed by atoms with E-state index in [0.717, 1.165) is 49.3 Å². The number of carbonyl (C=O) groups is 1. The van der Waals surface area contributed by atoms with E-state index >= 15 is 0 Å². The number of aliphatic hydroxyl groups excluding tert-OH is 2. The van der Waals surface area contributed by atoms with Gasteiger partial charge in [0.05, 0.1) is 6.10 Å². The van der Waals surface area contributed by atoms with Gasteiger partial charge in [-0.25, -0.2) is 0 Å². The van der Waals surface area contributed by atoms with Crippen LogP contribution >= 0.6 is 11.8 Å². The van der Waals surface area contributed by atoms with Crippen molar-refractivity contribution in [3.63, 3.8) is 0 Å². The quantitative estimate of drug-likeness (QED) is 0.334. The molecule has 0 aromatic heterocycles. The van der Waals surface area contributed by atoms with Crippen LogP contribution in [0.3, 0.4) is 0 Å². The number of carboxylic acid groups (broad SMARTS) is 1. The summed E-state index contributed by atoms with van der Waals surface area (Å²) in [6.07, 6.45) is 8.22. The lowest BCUT2D eigenvalue weighted by molar-refractivity contribution is -0.137. The number of benzene rings is 1. The van der Waals surface area contributed by atoms with Gasteiger partial charge in [0.15, 0.2) is 0 Å². The van der Waals surface area contributed by atoms with Crippen LogP contribution in [0.1, 0.15) is 50.2 Å². The van der Waals surface area contributed by atoms with E-state index in [1.165, 1.54) is 5.56 Å². The van der Waals surface area contributed by atoms with Crippen molar-refractivity contribution in [2.45, 2.75) is 70.2 Å². The number of nitrogens with zero attached hydrogens (tertiary/aromatic N) is 1. The first-order valence-corrected chi connectivity index (χ1v) is 11.8. The van der Waals surface area contributed by atoms with Crippen molar-refractivity contribution in [2.24, 2.45) is 0 Å². The maximum absolute atomic E-state index is 10.5. The van der Waals surface area contributed by atoms with Crippen LogP contribution in [-0.2, 0) is 17.6 Å². The van der Waals surface area contributed by atoms with E-state index in [4.69, 9.17) is 5.11 Å². The summed E-state index contributed by atoms with van der Waals surface area (Å²) in [5.41, 5.74) is 2.46. The standard InChI is InChI=1S/C23H35NO4S/c1-2-5-18-6-3-7-19(16-18)17-21(25)11-9-20-10-12-22(26)24(20)13-15-29-14-4-8-23(27)28/h3,6-7,9,11,16,20-22,25-26H,2,4-5,8,10,12-15,17H2,1H3,(H,27,28)/b11-9+/t20-,21+,22?/m0/s1. The Hall–Kier alpha value is -1.34. The van der Waals surface area contributed by atoms with Crippen molar-refractivity contribution in [3.8, 4) is 0 Å². The predicted octanol–water partition coefficient (Wildman–Crippen LogP) is 3.48. The molecule has 0 spiro atoms. The van der Waals surface area contributed by atoms with E-state index in [9.17, 15) is 15.0 Å². The molecule has 1 aromatic rings. The zero-order valence-corrected chi connectivity index (χ0v) is 18.2. The first kappa shape index (κ1) is 23.9. The number of thioether (sulfide) groups is 1. The lowest BCUT2D eigenvalue weighted by Crippen LogP contribution is -2.37. The monoisotopic (exact) mass is 421 g/mol. The van der Waals surface area contributed by atoms with Crippen LogP contribution in [-0.4, -0.2) is 62.6 Å². The largest absolute Gasteiger partial charge is 0.481 e. The highest BCUT2D eigenvalue weighted by Crippen LogP contribution is 2.24. The predicted molar refractivity (Wildman–Crippen MR) is 119 cm³/mol. The molecular formula is C23H35NO4S. The molecule has 0 bridgehead atoms. The van der Waals surface area contributed by atoms with Gasteiger partial charge in [-0.3, -0.25) is 9.69 Å². The third kappa shape index (κ3) is 8.91. The van der Waals surface area contributed by atoms with Crippen molar-refractivity contribution in [1.82, 2.24) is 4.90 Å². The van der Waals surface area contributed by atoms with Gasteiger partial charge >= 0.3 is 5.97 Å². The maximum Gasteiger partial charge on any atom is 0.303 e. The van der Waals surface area contributed by atoms with Crippen LogP contribution in [0.5, 0.6) is 0 Å². The minimum absolute atomic E-state index is 0.144. The molecule has 6 heteroatoms. The molecule has 1 aliphatic heterocycles. The Morgan fingerprint density at radius 1 is 1.31 bits per heavy atom. The topological polar surface area (TPSA) is 81.0 Å². The molecule has 3 atom stereocenters. The first-order chi connectivity index (χ1) is 14.0. The molecular weight excluding hydrogens is 386 g/mol. The summed E-state index contributed by atoms with van der Waals surface area (Å²) in [7, 11) is 0. The van der Waals surface area contributed by atoms with Gasteiger partial charge in [-0.05, 0) is 42.6 Å². The van der Waals surface area contributed by atoms with Crippen LogP contribution in [0.4, 0.5) is 0 Å². The number of aryl methyl sites for hydroxylation is 1. The fourth-order valence-electron chi connectivity index (χ4n) is 3.76. The summed E-state index contributed by atoms with van der Waals surface area (Å²) in [5, 5.41) is 29.4. The normalized spacial score (nSPS) is 21.1. The molecule has 0 saturated carbocycles. The smallest absolute Gasteiger partial charge is 0.303 e. The Kier molecular flexibility index (Phi) is 10.8. The van der Waals surface area contributed by atoms with Crippen LogP contribution in [0.15, 0.2) is 36.4 Å². The SMILES string of the molecule is CCCc1cccc(C[C@H](O)/C=C/[C@H]2CCC(O)N2CCSCCCC(=O)O)c1. The van der Waals surface area contributed by atoms with Crippen molar-refractivity contribution < 1.29 is 20.1 Å². The van der Waals surface area contributed by atoms with Crippen molar-refractivity contribution in [2.75, 3.05) is 18.1 Å². The fraction of sp³-hybridized carbons (Fsp3) is 0.609. The molecule has 1 heterocycles. The lowest BCUT2D eigenvalue weighted by Gasteiger charge is -2.25. The second-order valence-corrected chi connectivity index (χ2v) is 8.92. The average Bonchev–Trinajstić information content (AvgIpc) is 3.03. The Morgan fingerprint density at radius 2 is 2.10 bits per heavy atom. The number of hydrogen-bond donors (Lipinski definition) is 3. The molecule has 1 aliphatic rings. The van der Waals surface area contributed by atoms with E-state index < -0.39 is 18.3 Å². The van der Waals surface area contributed by atoms with E-state index in [1.54, 1.807) is 11.8 Å². The summed E-state index contributed by atoms with van der Waals surface area (Å²) in [4.78, 5) is 12.6. The van der Waals surface area contributed by atoms with Gasteiger partial charge in [0.2, 0.25) is 0 Å². The van der Waals surface area contributed by atoms with Gasteiger partial charge in [-0.2, -0.15) is 11.8 Å². The van der Waals surface area contributed by atoms with E-state index in [0.29, 0.717) is 12.8 Å². The molecule has 1 aromatic carbocycles. The molecule has 2 rings (SSSR count). The second-order valence-electron chi connectivity index (χ2n) is 7.70. The molecule has 1 saturated heterocycles. The Labute approximate surface area is 178 Å². The van der Waals surface area contributed by atoms with Gasteiger partial charge in [-0.1, -0.05) is 49.8 Å². The van der Waals surface area contributed by atoms with Crippen LogP contribution in [0.2, 0.25) is 0 Å². The third-order valence-electron chi connectivity index (χ3n) is 5.23. The molecule has 162 valence electrons. The van der Waals surface area contributed by atoms with E-state index in [2.05, 4.69) is 36.1 Å². The first-order valence-electron chi connectivity index (χ1n) is 10.7. The zero-order valence-electron chi connectivity index (χ0n) is 17.4. The molecule has 0 amide bonds.